The van der Waals surface area contributed by atoms with Crippen LogP contribution in [-0.2, 0) is 14.8 Å². The van der Waals surface area contributed by atoms with Gasteiger partial charge in [0.15, 0.2) is 0 Å². The lowest BCUT2D eigenvalue weighted by molar-refractivity contribution is 0.0528. The number of anilines is 1. The Hall–Kier alpha value is -2.59. The zero-order chi connectivity index (χ0) is 27.6. The minimum atomic E-state index is -3.99. The lowest BCUT2D eigenvalue weighted by Crippen LogP contribution is -2.19. The van der Waals surface area contributed by atoms with Gasteiger partial charge in [-0.2, -0.15) is 0 Å². The van der Waals surface area contributed by atoms with Crippen LogP contribution in [0.4, 0.5) is 5.69 Å². The zero-order valence-corrected chi connectivity index (χ0v) is 24.7. The Kier molecular flexibility index (Phi) is 8.72. The molecule has 0 saturated carbocycles. The van der Waals surface area contributed by atoms with Gasteiger partial charge >= 0.3 is 5.97 Å². The molecule has 4 aromatic rings. The van der Waals surface area contributed by atoms with Gasteiger partial charge < -0.3 is 14.6 Å². The zero-order valence-electron chi connectivity index (χ0n) is 22.4. The number of thiophene rings is 1. The standard InChI is InChI=1S/C28H34ClN3O4S2/c1-6-32(5)12-8-9-17(3)23-16-30-24-15-25(22(14-21(23)24)27(33)36-7-2)31-38(34,35)28-18(4)20-13-19(29)10-11-26(20)37-28/h10-11,13-17,30-31H,6-9,12H2,1-5H3. The van der Waals surface area contributed by atoms with E-state index in [0.29, 0.717) is 10.6 Å². The minimum absolute atomic E-state index is 0.177. The summed E-state index contributed by atoms with van der Waals surface area (Å²) in [4.78, 5) is 18.5. The van der Waals surface area contributed by atoms with E-state index in [1.165, 1.54) is 11.3 Å². The van der Waals surface area contributed by atoms with Crippen LogP contribution in [0.3, 0.4) is 0 Å². The Morgan fingerprint density at radius 1 is 1.21 bits per heavy atom. The number of ether oxygens (including phenoxy) is 1. The van der Waals surface area contributed by atoms with Crippen LogP contribution >= 0.6 is 22.9 Å². The van der Waals surface area contributed by atoms with E-state index in [9.17, 15) is 13.2 Å². The maximum atomic E-state index is 13.6. The Balaban J connectivity index is 1.71. The van der Waals surface area contributed by atoms with Crippen molar-refractivity contribution in [2.24, 2.45) is 0 Å². The number of sulfonamides is 1. The summed E-state index contributed by atoms with van der Waals surface area (Å²) in [7, 11) is -1.88. The van der Waals surface area contributed by atoms with Gasteiger partial charge in [-0.15, -0.1) is 11.3 Å². The van der Waals surface area contributed by atoms with Gasteiger partial charge in [0, 0.05) is 26.8 Å². The number of halogens is 1. The van der Waals surface area contributed by atoms with Gasteiger partial charge in [-0.25, -0.2) is 13.2 Å². The third kappa shape index (κ3) is 5.86. The molecule has 2 aromatic carbocycles. The molecular formula is C28H34ClN3O4S2. The van der Waals surface area contributed by atoms with Crippen molar-refractivity contribution in [1.29, 1.82) is 0 Å². The molecule has 0 spiro atoms. The maximum absolute atomic E-state index is 13.6. The molecule has 0 fully saturated rings. The number of rotatable bonds is 11. The molecule has 0 aliphatic carbocycles. The van der Waals surface area contributed by atoms with Crippen LogP contribution in [0.1, 0.15) is 61.0 Å². The summed E-state index contributed by atoms with van der Waals surface area (Å²) in [5, 5.41) is 2.22. The molecule has 2 aromatic heterocycles. The highest BCUT2D eigenvalue weighted by atomic mass is 35.5. The molecular weight excluding hydrogens is 542 g/mol. The molecule has 2 N–H and O–H groups in total. The molecule has 204 valence electrons. The predicted octanol–water partition coefficient (Wildman–Crippen LogP) is 7.16. The van der Waals surface area contributed by atoms with Crippen LogP contribution in [0, 0.1) is 6.92 Å². The molecule has 0 aliphatic rings. The first-order chi connectivity index (χ1) is 18.1. The molecule has 0 bridgehead atoms. The van der Waals surface area contributed by atoms with Crippen molar-refractivity contribution in [3.63, 3.8) is 0 Å². The van der Waals surface area contributed by atoms with Crippen LogP contribution in [0.2, 0.25) is 5.02 Å². The van der Waals surface area contributed by atoms with Crippen LogP contribution in [0.5, 0.6) is 0 Å². The number of carbonyl (C=O) groups excluding carboxylic acids is 1. The quantitative estimate of drug-likeness (QED) is 0.185. The van der Waals surface area contributed by atoms with Gasteiger partial charge in [-0.05, 0) is 99.6 Å². The van der Waals surface area contributed by atoms with Crippen molar-refractivity contribution >= 4 is 65.6 Å². The largest absolute Gasteiger partial charge is 0.462 e. The van der Waals surface area contributed by atoms with E-state index in [1.807, 2.05) is 12.3 Å². The van der Waals surface area contributed by atoms with Gasteiger partial charge in [0.2, 0.25) is 0 Å². The van der Waals surface area contributed by atoms with Crippen LogP contribution in [0.25, 0.3) is 21.0 Å². The Bertz CT molecular complexity index is 1580. The van der Waals surface area contributed by atoms with E-state index in [-0.39, 0.29) is 28.0 Å². The van der Waals surface area contributed by atoms with Crippen molar-refractivity contribution < 1.29 is 17.9 Å². The van der Waals surface area contributed by atoms with Crippen molar-refractivity contribution in [3.05, 3.63) is 58.2 Å². The summed E-state index contributed by atoms with van der Waals surface area (Å²) in [6.45, 7) is 10.0. The predicted molar refractivity (Wildman–Crippen MR) is 157 cm³/mol. The highest BCUT2D eigenvalue weighted by Crippen LogP contribution is 2.38. The minimum Gasteiger partial charge on any atom is -0.462 e. The van der Waals surface area contributed by atoms with Crippen LogP contribution in [-0.4, -0.2) is 51.0 Å². The summed E-state index contributed by atoms with van der Waals surface area (Å²) in [5.41, 5.74) is 2.82. The number of aryl methyl sites for hydroxylation is 1. The van der Waals surface area contributed by atoms with E-state index in [2.05, 4.69) is 35.5 Å². The monoisotopic (exact) mass is 575 g/mol. The summed E-state index contributed by atoms with van der Waals surface area (Å²) in [6.07, 6.45) is 4.00. The highest BCUT2D eigenvalue weighted by Gasteiger charge is 2.26. The van der Waals surface area contributed by atoms with Gasteiger partial charge in [-0.3, -0.25) is 4.72 Å². The van der Waals surface area contributed by atoms with Crippen molar-refractivity contribution in [1.82, 2.24) is 9.88 Å². The number of hydrogen-bond donors (Lipinski definition) is 2. The number of hydrogen-bond acceptors (Lipinski definition) is 6. The Labute approximate surface area is 233 Å². The van der Waals surface area contributed by atoms with E-state index in [4.69, 9.17) is 16.3 Å². The van der Waals surface area contributed by atoms with Gasteiger partial charge in [0.05, 0.1) is 17.9 Å². The Morgan fingerprint density at radius 3 is 2.68 bits per heavy atom. The second-order valence-corrected chi connectivity index (χ2v) is 13.0. The summed E-state index contributed by atoms with van der Waals surface area (Å²) in [5.74, 6) is -0.309. The molecule has 38 heavy (non-hydrogen) atoms. The molecule has 2 heterocycles. The topological polar surface area (TPSA) is 91.5 Å². The smallest absolute Gasteiger partial charge is 0.340 e. The first kappa shape index (κ1) is 28.4. The maximum Gasteiger partial charge on any atom is 0.340 e. The fourth-order valence-electron chi connectivity index (χ4n) is 4.66. The molecule has 4 rings (SSSR count). The van der Waals surface area contributed by atoms with Gasteiger partial charge in [0.1, 0.15) is 4.21 Å². The summed E-state index contributed by atoms with van der Waals surface area (Å²) < 4.78 is 36.1. The second kappa shape index (κ2) is 11.7. The number of benzene rings is 2. The van der Waals surface area contributed by atoms with Crippen molar-refractivity contribution in [2.45, 2.75) is 50.7 Å². The van der Waals surface area contributed by atoms with Crippen LogP contribution < -0.4 is 4.72 Å². The van der Waals surface area contributed by atoms with E-state index in [1.54, 1.807) is 38.1 Å². The van der Waals surface area contributed by atoms with Crippen molar-refractivity contribution in [2.75, 3.05) is 31.5 Å². The van der Waals surface area contributed by atoms with E-state index in [0.717, 1.165) is 52.5 Å². The molecule has 0 radical (unpaired) electrons. The lowest BCUT2D eigenvalue weighted by atomic mass is 9.94. The number of nitrogens with zero attached hydrogens (tertiary/aromatic N) is 1. The average Bonchev–Trinajstić information content (AvgIpc) is 3.44. The van der Waals surface area contributed by atoms with E-state index >= 15 is 0 Å². The number of fused-ring (bicyclic) bond motifs is 2. The fourth-order valence-corrected chi connectivity index (χ4v) is 7.65. The summed E-state index contributed by atoms with van der Waals surface area (Å²) in [6, 6.07) is 8.73. The number of esters is 1. The van der Waals surface area contributed by atoms with E-state index < -0.39 is 16.0 Å². The first-order valence-electron chi connectivity index (χ1n) is 12.8. The van der Waals surface area contributed by atoms with Gasteiger partial charge in [-0.1, -0.05) is 25.4 Å². The fraction of sp³-hybridized carbons (Fsp3) is 0.393. The number of aromatic amines is 1. The number of aromatic nitrogens is 1. The summed E-state index contributed by atoms with van der Waals surface area (Å²) >= 11 is 7.31. The average molecular weight is 576 g/mol. The van der Waals surface area contributed by atoms with Gasteiger partial charge in [0.25, 0.3) is 10.0 Å². The third-order valence-corrected chi connectivity index (χ3v) is 10.4. The molecule has 0 saturated heterocycles. The molecule has 0 aliphatic heterocycles. The number of H-pyrrole nitrogens is 1. The third-order valence-electron chi connectivity index (χ3n) is 6.94. The highest BCUT2D eigenvalue weighted by molar-refractivity contribution is 7.95. The molecule has 10 heteroatoms. The Morgan fingerprint density at radius 2 is 1.97 bits per heavy atom. The number of nitrogens with one attached hydrogen (secondary N) is 2. The van der Waals surface area contributed by atoms with Crippen LogP contribution in [0.15, 0.2) is 40.7 Å². The van der Waals surface area contributed by atoms with Crippen molar-refractivity contribution in [3.8, 4) is 0 Å². The lowest BCUT2D eigenvalue weighted by Gasteiger charge is -2.16. The molecule has 1 atom stereocenters. The normalized spacial score (nSPS) is 12.9. The SMILES string of the molecule is CCOC(=O)c1cc2c(C(C)CCCN(C)CC)c[nH]c2cc1NS(=O)(=O)c1sc2ccc(Cl)cc2c1C. The molecule has 0 amide bonds. The molecule has 7 nitrogen and oxygen atoms in total. The number of carbonyl (C=O) groups is 1. The first-order valence-corrected chi connectivity index (χ1v) is 15.5. The second-order valence-electron chi connectivity index (χ2n) is 9.61. The molecule has 1 unspecified atom stereocenters.